The zero-order valence-electron chi connectivity index (χ0n) is 51.1. The van der Waals surface area contributed by atoms with Crippen molar-refractivity contribution in [3.8, 4) is 66.8 Å². The molecule has 3 aliphatic rings. The molecule has 0 spiro atoms. The van der Waals surface area contributed by atoms with E-state index in [2.05, 4.69) is 352 Å². The van der Waals surface area contributed by atoms with E-state index in [1.165, 1.54) is 155 Å². The average Bonchev–Trinajstić information content (AvgIpc) is 1.52. The maximum Gasteiger partial charge on any atom is 0.0504 e. The molecule has 15 aromatic carbocycles. The van der Waals surface area contributed by atoms with Crippen LogP contribution in [0.3, 0.4) is 0 Å². The maximum atomic E-state index is 2.59. The predicted octanol–water partition coefficient (Wildman–Crippen LogP) is 22.7. The highest BCUT2D eigenvalue weighted by molar-refractivity contribution is 6.21. The molecule has 0 saturated heterocycles. The van der Waals surface area contributed by atoms with Crippen molar-refractivity contribution in [2.24, 2.45) is 0 Å². The smallest absolute Gasteiger partial charge is 0.0504 e. The summed E-state index contributed by atoms with van der Waals surface area (Å²) in [5.74, 6) is 0. The lowest BCUT2D eigenvalue weighted by molar-refractivity contribution is 0.629. The van der Waals surface area contributed by atoms with E-state index < -0.39 is 16.2 Å². The summed E-state index contributed by atoms with van der Waals surface area (Å²) < 4.78 is 0. The van der Waals surface area contributed by atoms with Gasteiger partial charge in [0.05, 0.1) is 16.2 Å². The topological polar surface area (TPSA) is 0 Å². The molecule has 0 nitrogen and oxygen atoms in total. The van der Waals surface area contributed by atoms with Crippen LogP contribution in [0.15, 0.2) is 352 Å². The molecule has 0 heteroatoms. The highest BCUT2D eigenvalue weighted by Gasteiger charge is 2.48. The molecular formula is C92H64. The van der Waals surface area contributed by atoms with Crippen LogP contribution in [-0.2, 0) is 35.5 Å². The third-order valence-electron chi connectivity index (χ3n) is 21.1. The van der Waals surface area contributed by atoms with Gasteiger partial charge in [-0.1, -0.05) is 328 Å². The fourth-order valence-corrected chi connectivity index (χ4v) is 17.2. The molecule has 3 atom stereocenters. The van der Waals surface area contributed by atoms with E-state index in [1.54, 1.807) is 0 Å². The van der Waals surface area contributed by atoms with Gasteiger partial charge in [-0.15, -0.1) is 0 Å². The van der Waals surface area contributed by atoms with Crippen LogP contribution in [0, 0.1) is 0 Å². The Morgan fingerprint density at radius 1 is 0.174 bits per heavy atom. The second-order valence-corrected chi connectivity index (χ2v) is 25.8. The van der Waals surface area contributed by atoms with Gasteiger partial charge in [-0.05, 0) is 199 Å². The first-order valence-corrected chi connectivity index (χ1v) is 32.6. The van der Waals surface area contributed by atoms with Gasteiger partial charge in [-0.3, -0.25) is 0 Å². The van der Waals surface area contributed by atoms with Crippen LogP contribution in [-0.4, -0.2) is 0 Å². The summed E-state index contributed by atoms with van der Waals surface area (Å²) in [6, 6.07) is 134. The third-order valence-corrected chi connectivity index (χ3v) is 21.1. The average molecular weight is 1170 g/mol. The van der Waals surface area contributed by atoms with E-state index in [4.69, 9.17) is 0 Å². The van der Waals surface area contributed by atoms with Gasteiger partial charge in [0.25, 0.3) is 0 Å². The maximum absolute atomic E-state index is 2.59. The molecule has 0 amide bonds. The molecule has 92 heavy (non-hydrogen) atoms. The van der Waals surface area contributed by atoms with Gasteiger partial charge in [0.2, 0.25) is 0 Å². The van der Waals surface area contributed by atoms with Crippen LogP contribution in [0.2, 0.25) is 0 Å². The Labute approximate surface area is 539 Å². The van der Waals surface area contributed by atoms with Gasteiger partial charge in [0.15, 0.2) is 0 Å². The number of rotatable bonds is 12. The second-order valence-electron chi connectivity index (χ2n) is 25.8. The van der Waals surface area contributed by atoms with Crippen LogP contribution in [0.5, 0.6) is 0 Å². The van der Waals surface area contributed by atoms with Gasteiger partial charge >= 0.3 is 0 Å². The molecular weight excluding hydrogens is 1110 g/mol. The van der Waals surface area contributed by atoms with E-state index in [0.29, 0.717) is 0 Å². The molecule has 0 aromatic heterocycles. The van der Waals surface area contributed by atoms with Crippen molar-refractivity contribution in [2.75, 3.05) is 0 Å². The quantitative estimate of drug-likeness (QED) is 0.107. The molecule has 0 N–H and O–H groups in total. The highest BCUT2D eigenvalue weighted by Crippen LogP contribution is 2.60. The standard InChI is InChI=1S/C92H64/c1-7-27-62(28-8-1)59-90(69-33-13-4-14-34-69)82-45-25-23-39-72(82)74-51-47-65(55-84(74)90)66-48-52-76-77-54-50-68(58-87(77)92(85(76)56-66,71-37-17-6-18-38-71)61-64-31-11-3-12-32-64)89-80-43-21-19-41-78(80)88(79-42-20-22-44-81(79)89)67-49-53-75-73-40-24-26-46-83(73)91(86(75)57-67,70-35-15-5-16-36-70)60-63-29-9-2-10-30-63/h1-58H,59-61H2. The molecule has 0 aliphatic heterocycles. The normalized spacial score (nSPS) is 17.2. The van der Waals surface area contributed by atoms with Crippen molar-refractivity contribution in [1.29, 1.82) is 0 Å². The number of benzene rings is 15. The van der Waals surface area contributed by atoms with E-state index in [0.717, 1.165) is 19.3 Å². The minimum absolute atomic E-state index is 0.397. The Morgan fingerprint density at radius 3 is 0.717 bits per heavy atom. The molecule has 3 unspecified atom stereocenters. The van der Waals surface area contributed by atoms with Gasteiger partial charge in [0, 0.05) is 0 Å². The molecule has 0 heterocycles. The molecule has 0 fully saturated rings. The minimum atomic E-state index is -0.550. The van der Waals surface area contributed by atoms with Crippen molar-refractivity contribution in [3.63, 3.8) is 0 Å². The van der Waals surface area contributed by atoms with Gasteiger partial charge in [0.1, 0.15) is 0 Å². The van der Waals surface area contributed by atoms with Crippen LogP contribution < -0.4 is 0 Å². The van der Waals surface area contributed by atoms with Crippen molar-refractivity contribution in [1.82, 2.24) is 0 Å². The summed E-state index contributed by atoms with van der Waals surface area (Å²) in [7, 11) is 0. The van der Waals surface area contributed by atoms with E-state index in [9.17, 15) is 0 Å². The lowest BCUT2D eigenvalue weighted by Crippen LogP contribution is -2.30. The number of hydrogen-bond acceptors (Lipinski definition) is 0. The SMILES string of the molecule is c1ccc(CC2(c3ccccc3)c3ccccc3-c3ccc(-c4ccc5c(c4)C(Cc4ccccc4)(c4ccccc4)c4cc(-c6c7ccccc7c(-c7ccc8c(c7)C(Cc7ccccc7)(c7ccccc7)c7ccccc7-8)c7ccccc67)ccc4-5)cc32)cc1. The Morgan fingerprint density at radius 2 is 0.402 bits per heavy atom. The zero-order chi connectivity index (χ0) is 60.8. The third kappa shape index (κ3) is 8.16. The predicted molar refractivity (Wildman–Crippen MR) is 383 cm³/mol. The van der Waals surface area contributed by atoms with Crippen LogP contribution >= 0.6 is 0 Å². The van der Waals surface area contributed by atoms with Crippen LogP contribution in [0.1, 0.15) is 66.8 Å². The first-order chi connectivity index (χ1) is 45.6. The first kappa shape index (κ1) is 53.8. The van der Waals surface area contributed by atoms with Crippen molar-refractivity contribution in [2.45, 2.75) is 35.5 Å². The van der Waals surface area contributed by atoms with Gasteiger partial charge in [-0.2, -0.15) is 0 Å². The fourth-order valence-electron chi connectivity index (χ4n) is 17.2. The van der Waals surface area contributed by atoms with Gasteiger partial charge in [-0.25, -0.2) is 0 Å². The summed E-state index contributed by atoms with van der Waals surface area (Å²) in [5.41, 5.74) is 29.8. The fraction of sp³-hybridized carbons (Fsp3) is 0.0652. The monoisotopic (exact) mass is 1170 g/mol. The molecule has 0 radical (unpaired) electrons. The summed E-state index contributed by atoms with van der Waals surface area (Å²) in [6.45, 7) is 0. The van der Waals surface area contributed by atoms with Crippen LogP contribution in [0.4, 0.5) is 0 Å². The van der Waals surface area contributed by atoms with Gasteiger partial charge < -0.3 is 0 Å². The minimum Gasteiger partial charge on any atom is -0.0622 e. The van der Waals surface area contributed by atoms with Crippen molar-refractivity contribution < 1.29 is 0 Å². The zero-order valence-corrected chi connectivity index (χ0v) is 51.1. The molecule has 18 rings (SSSR count). The Kier molecular flexibility index (Phi) is 12.6. The summed E-state index contributed by atoms with van der Waals surface area (Å²) in [6.07, 6.45) is 2.48. The first-order valence-electron chi connectivity index (χ1n) is 32.6. The summed E-state index contributed by atoms with van der Waals surface area (Å²) in [5, 5.41) is 4.98. The molecule has 15 aromatic rings. The second kappa shape index (κ2) is 21.5. The molecule has 0 bridgehead atoms. The Hall–Kier alpha value is -11.2. The molecule has 3 aliphatic carbocycles. The van der Waals surface area contributed by atoms with E-state index >= 15 is 0 Å². The van der Waals surface area contributed by atoms with E-state index in [1.807, 2.05) is 0 Å². The summed E-state index contributed by atoms with van der Waals surface area (Å²) >= 11 is 0. The largest absolute Gasteiger partial charge is 0.0622 e. The highest BCUT2D eigenvalue weighted by atomic mass is 14.5. The van der Waals surface area contributed by atoms with Crippen molar-refractivity contribution in [3.05, 3.63) is 419 Å². The van der Waals surface area contributed by atoms with Crippen LogP contribution in [0.25, 0.3) is 88.3 Å². The van der Waals surface area contributed by atoms with E-state index in [-0.39, 0.29) is 0 Å². The molecule has 0 saturated carbocycles. The lowest BCUT2D eigenvalue weighted by atomic mass is 9.67. The number of fused-ring (bicyclic) bond motifs is 11. The Balaban J connectivity index is 0.829. The molecule has 432 valence electrons. The summed E-state index contributed by atoms with van der Waals surface area (Å²) in [4.78, 5) is 0. The van der Waals surface area contributed by atoms with Crippen molar-refractivity contribution >= 4 is 21.5 Å². The number of hydrogen-bond donors (Lipinski definition) is 0. The Bertz CT molecular complexity index is 5280. The lowest BCUT2D eigenvalue weighted by Gasteiger charge is -2.34.